The number of rotatable bonds is 6. The molecular formula is C14H22F2N2. The van der Waals surface area contributed by atoms with Crippen LogP contribution in [-0.2, 0) is 0 Å². The number of hydrogen-bond donors (Lipinski definition) is 1. The molecule has 0 aliphatic carbocycles. The third-order valence-corrected chi connectivity index (χ3v) is 3.01. The maximum atomic E-state index is 13.9. The summed E-state index contributed by atoms with van der Waals surface area (Å²) < 4.78 is 27.2. The lowest BCUT2D eigenvalue weighted by Crippen LogP contribution is -2.33. The van der Waals surface area contributed by atoms with Crippen molar-refractivity contribution >= 4 is 11.4 Å². The number of halogens is 2. The van der Waals surface area contributed by atoms with Crippen LogP contribution in [0.5, 0.6) is 0 Å². The summed E-state index contributed by atoms with van der Waals surface area (Å²) in [6.45, 7) is 6.71. The summed E-state index contributed by atoms with van der Waals surface area (Å²) in [6, 6.07) is 2.57. The lowest BCUT2D eigenvalue weighted by Gasteiger charge is -2.30. The maximum absolute atomic E-state index is 13.9. The van der Waals surface area contributed by atoms with Gasteiger partial charge in [-0.2, -0.15) is 0 Å². The molecule has 0 heterocycles. The van der Waals surface area contributed by atoms with Gasteiger partial charge in [0.2, 0.25) is 0 Å². The average molecular weight is 256 g/mol. The van der Waals surface area contributed by atoms with Gasteiger partial charge in [0, 0.05) is 12.6 Å². The molecule has 0 fully saturated rings. The van der Waals surface area contributed by atoms with E-state index in [0.717, 1.165) is 25.3 Å². The van der Waals surface area contributed by atoms with Crippen LogP contribution < -0.4 is 10.6 Å². The summed E-state index contributed by atoms with van der Waals surface area (Å²) in [5.74, 6) is -1.69. The molecule has 1 aromatic carbocycles. The first-order valence-corrected chi connectivity index (χ1v) is 6.49. The predicted octanol–water partition coefficient (Wildman–Crippen LogP) is 3.95. The van der Waals surface area contributed by atoms with E-state index in [9.17, 15) is 8.78 Å². The van der Waals surface area contributed by atoms with E-state index in [2.05, 4.69) is 6.92 Å². The molecule has 0 aliphatic heterocycles. The molecule has 0 radical (unpaired) electrons. The zero-order valence-corrected chi connectivity index (χ0v) is 11.3. The second-order valence-corrected chi connectivity index (χ2v) is 4.79. The highest BCUT2D eigenvalue weighted by atomic mass is 19.2. The quantitative estimate of drug-likeness (QED) is 0.616. The number of hydrogen-bond acceptors (Lipinski definition) is 2. The Hall–Kier alpha value is -1.32. The normalized spacial score (nSPS) is 11.0. The Morgan fingerprint density at radius 1 is 1.22 bits per heavy atom. The molecule has 2 nitrogen and oxygen atoms in total. The molecule has 0 bridgehead atoms. The summed E-state index contributed by atoms with van der Waals surface area (Å²) in [6.07, 6.45) is 3.11. The van der Waals surface area contributed by atoms with Crippen molar-refractivity contribution in [2.24, 2.45) is 0 Å². The van der Waals surface area contributed by atoms with E-state index in [1.165, 1.54) is 6.07 Å². The number of unbranched alkanes of at least 4 members (excludes halogenated alkanes) is 2. The van der Waals surface area contributed by atoms with Crippen LogP contribution in [0.3, 0.4) is 0 Å². The van der Waals surface area contributed by atoms with Gasteiger partial charge in [-0.15, -0.1) is 0 Å². The molecule has 2 N–H and O–H groups in total. The summed E-state index contributed by atoms with van der Waals surface area (Å²) in [4.78, 5) is 1.84. The van der Waals surface area contributed by atoms with Crippen molar-refractivity contribution < 1.29 is 8.78 Å². The first-order chi connectivity index (χ1) is 8.49. The highest BCUT2D eigenvalue weighted by Crippen LogP contribution is 2.30. The van der Waals surface area contributed by atoms with E-state index in [0.29, 0.717) is 12.2 Å². The van der Waals surface area contributed by atoms with Crippen LogP contribution >= 0.6 is 0 Å². The molecule has 102 valence electrons. The van der Waals surface area contributed by atoms with Gasteiger partial charge in [-0.1, -0.05) is 19.8 Å². The van der Waals surface area contributed by atoms with Crippen molar-refractivity contribution in [1.82, 2.24) is 0 Å². The Kier molecular flexibility index (Phi) is 5.38. The molecule has 0 atom stereocenters. The minimum absolute atomic E-state index is 0.0838. The van der Waals surface area contributed by atoms with Crippen LogP contribution in [0.4, 0.5) is 20.2 Å². The van der Waals surface area contributed by atoms with Crippen LogP contribution in [0.1, 0.15) is 40.0 Å². The number of nitrogen functional groups attached to an aromatic ring is 1. The number of benzene rings is 1. The van der Waals surface area contributed by atoms with Gasteiger partial charge >= 0.3 is 0 Å². The van der Waals surface area contributed by atoms with E-state index in [1.54, 1.807) is 0 Å². The van der Waals surface area contributed by atoms with Gasteiger partial charge in [0.15, 0.2) is 11.6 Å². The summed E-state index contributed by atoms with van der Waals surface area (Å²) in [5, 5.41) is 0. The van der Waals surface area contributed by atoms with Crippen molar-refractivity contribution in [1.29, 1.82) is 0 Å². The van der Waals surface area contributed by atoms with Crippen LogP contribution in [0.2, 0.25) is 0 Å². The first-order valence-electron chi connectivity index (χ1n) is 6.49. The van der Waals surface area contributed by atoms with Gasteiger partial charge in [0.1, 0.15) is 0 Å². The van der Waals surface area contributed by atoms with Gasteiger partial charge in [-0.05, 0) is 32.4 Å². The van der Waals surface area contributed by atoms with Crippen molar-refractivity contribution in [2.45, 2.75) is 46.1 Å². The standard InChI is InChI=1S/C14H22F2N2/c1-4-5-6-9-18(10(2)3)14-12(17)8-7-11(15)13(14)16/h7-8,10H,4-6,9,17H2,1-3H3. The van der Waals surface area contributed by atoms with E-state index < -0.39 is 11.6 Å². The minimum Gasteiger partial charge on any atom is -0.397 e. The SMILES string of the molecule is CCCCCN(c1c(N)ccc(F)c1F)C(C)C. The zero-order chi connectivity index (χ0) is 13.7. The first kappa shape index (κ1) is 14.7. The molecule has 0 aliphatic rings. The topological polar surface area (TPSA) is 29.3 Å². The molecule has 0 unspecified atom stereocenters. The van der Waals surface area contributed by atoms with Gasteiger partial charge in [0.25, 0.3) is 0 Å². The molecule has 0 saturated heterocycles. The second-order valence-electron chi connectivity index (χ2n) is 4.79. The molecule has 0 amide bonds. The fraction of sp³-hybridized carbons (Fsp3) is 0.571. The number of nitrogens with two attached hydrogens (primary N) is 1. The minimum atomic E-state index is -0.847. The van der Waals surface area contributed by atoms with Crippen LogP contribution in [0, 0.1) is 11.6 Å². The predicted molar refractivity (Wildman–Crippen MR) is 72.8 cm³/mol. The number of anilines is 2. The molecule has 1 rings (SSSR count). The zero-order valence-electron chi connectivity index (χ0n) is 11.3. The molecule has 0 saturated carbocycles. The molecule has 1 aromatic rings. The summed E-state index contributed by atoms with van der Waals surface area (Å²) >= 11 is 0. The van der Waals surface area contributed by atoms with Crippen molar-refractivity contribution in [3.63, 3.8) is 0 Å². The van der Waals surface area contributed by atoms with Crippen molar-refractivity contribution in [2.75, 3.05) is 17.2 Å². The van der Waals surface area contributed by atoms with Gasteiger partial charge in [-0.25, -0.2) is 8.78 Å². The van der Waals surface area contributed by atoms with Gasteiger partial charge in [-0.3, -0.25) is 0 Å². The number of nitrogens with zero attached hydrogens (tertiary/aromatic N) is 1. The van der Waals surface area contributed by atoms with Crippen molar-refractivity contribution in [3.8, 4) is 0 Å². The van der Waals surface area contributed by atoms with Crippen LogP contribution in [0.15, 0.2) is 12.1 Å². The summed E-state index contributed by atoms with van der Waals surface area (Å²) in [7, 11) is 0. The third-order valence-electron chi connectivity index (χ3n) is 3.01. The highest BCUT2D eigenvalue weighted by molar-refractivity contribution is 5.68. The lowest BCUT2D eigenvalue weighted by atomic mass is 10.1. The van der Waals surface area contributed by atoms with E-state index in [1.807, 2.05) is 18.7 Å². The third kappa shape index (κ3) is 3.34. The fourth-order valence-corrected chi connectivity index (χ4v) is 2.01. The Labute approximate surface area is 108 Å². The van der Waals surface area contributed by atoms with E-state index in [4.69, 9.17) is 5.73 Å². The maximum Gasteiger partial charge on any atom is 0.184 e. The summed E-state index contributed by atoms with van der Waals surface area (Å²) in [5.41, 5.74) is 6.27. The smallest absolute Gasteiger partial charge is 0.184 e. The second kappa shape index (κ2) is 6.57. The molecule has 0 aromatic heterocycles. The Morgan fingerprint density at radius 2 is 1.89 bits per heavy atom. The van der Waals surface area contributed by atoms with E-state index in [-0.39, 0.29) is 11.7 Å². The fourth-order valence-electron chi connectivity index (χ4n) is 2.01. The Bertz CT molecular complexity index is 392. The molecule has 0 spiro atoms. The lowest BCUT2D eigenvalue weighted by molar-refractivity contribution is 0.501. The Morgan fingerprint density at radius 3 is 2.44 bits per heavy atom. The molecule has 18 heavy (non-hydrogen) atoms. The highest BCUT2D eigenvalue weighted by Gasteiger charge is 2.20. The molecular weight excluding hydrogens is 234 g/mol. The van der Waals surface area contributed by atoms with Crippen LogP contribution in [-0.4, -0.2) is 12.6 Å². The monoisotopic (exact) mass is 256 g/mol. The Balaban J connectivity index is 3.02. The molecule has 4 heteroatoms. The average Bonchev–Trinajstić information content (AvgIpc) is 2.32. The van der Waals surface area contributed by atoms with Crippen LogP contribution in [0.25, 0.3) is 0 Å². The van der Waals surface area contributed by atoms with Gasteiger partial charge in [0.05, 0.1) is 11.4 Å². The largest absolute Gasteiger partial charge is 0.397 e. The van der Waals surface area contributed by atoms with Gasteiger partial charge < -0.3 is 10.6 Å². The van der Waals surface area contributed by atoms with Crippen molar-refractivity contribution in [3.05, 3.63) is 23.8 Å². The van der Waals surface area contributed by atoms with E-state index >= 15 is 0 Å².